The topological polar surface area (TPSA) is 85.2 Å². The number of ether oxygens (including phenoxy) is 3. The first-order chi connectivity index (χ1) is 7.12. The van der Waals surface area contributed by atoms with E-state index in [0.717, 1.165) is 0 Å². The van der Waals surface area contributed by atoms with Crippen LogP contribution in [-0.2, 0) is 19.0 Å². The van der Waals surface area contributed by atoms with Crippen LogP contribution in [0.1, 0.15) is 0 Å². The number of aldehydes is 1. The Balaban J connectivity index is 4.45. The molecule has 0 saturated carbocycles. The third-order valence-electron chi connectivity index (χ3n) is 2.10. The molecule has 0 aliphatic heterocycles. The summed E-state index contributed by atoms with van der Waals surface area (Å²) in [7, 11) is 4.14. The predicted molar refractivity (Wildman–Crippen MR) is 51.5 cm³/mol. The van der Waals surface area contributed by atoms with E-state index in [9.17, 15) is 15.0 Å². The molecule has 90 valence electrons. The lowest BCUT2D eigenvalue weighted by molar-refractivity contribution is -0.149. The molecule has 0 heterocycles. The summed E-state index contributed by atoms with van der Waals surface area (Å²) in [6.07, 6.45) is -3.91. The molecule has 0 spiro atoms. The normalized spacial score (nSPS) is 19.3. The Morgan fingerprint density at radius 3 is 2.13 bits per heavy atom. The van der Waals surface area contributed by atoms with Gasteiger partial charge in [0.05, 0.1) is 6.61 Å². The standard InChI is InChI=1S/C9H18O6/c1-13-5-7(14-2)8(12)9(15-3)6(11)4-10/h4,6-9,11-12H,5H2,1-3H3/t6-,7+,8+,9+/m0/s1. The highest BCUT2D eigenvalue weighted by Gasteiger charge is 2.33. The Morgan fingerprint density at radius 1 is 1.20 bits per heavy atom. The molecule has 0 unspecified atom stereocenters. The number of carbonyl (C=O) groups excluding carboxylic acids is 1. The summed E-state index contributed by atoms with van der Waals surface area (Å²) in [6.45, 7) is 0.142. The molecular formula is C9H18O6. The van der Waals surface area contributed by atoms with E-state index < -0.39 is 24.4 Å². The van der Waals surface area contributed by atoms with E-state index in [0.29, 0.717) is 6.29 Å². The van der Waals surface area contributed by atoms with Crippen molar-refractivity contribution in [3.05, 3.63) is 0 Å². The lowest BCUT2D eigenvalue weighted by atomic mass is 10.0. The molecule has 2 N–H and O–H groups in total. The van der Waals surface area contributed by atoms with Crippen LogP contribution in [0.25, 0.3) is 0 Å². The third kappa shape index (κ3) is 4.23. The molecule has 0 bridgehead atoms. The van der Waals surface area contributed by atoms with E-state index in [2.05, 4.69) is 0 Å². The smallest absolute Gasteiger partial charge is 0.151 e. The average molecular weight is 222 g/mol. The van der Waals surface area contributed by atoms with Gasteiger partial charge in [0.15, 0.2) is 6.29 Å². The highest BCUT2D eigenvalue weighted by atomic mass is 16.5. The first-order valence-electron chi connectivity index (χ1n) is 4.48. The fraction of sp³-hybridized carbons (Fsp3) is 0.889. The van der Waals surface area contributed by atoms with Crippen LogP contribution in [0.3, 0.4) is 0 Å². The summed E-state index contributed by atoms with van der Waals surface area (Å²) in [4.78, 5) is 10.4. The Labute approximate surface area is 88.7 Å². The first kappa shape index (κ1) is 14.5. The van der Waals surface area contributed by atoms with Crippen molar-refractivity contribution in [1.29, 1.82) is 0 Å². The average Bonchev–Trinajstić information content (AvgIpc) is 2.26. The minimum absolute atomic E-state index is 0.142. The first-order valence-corrected chi connectivity index (χ1v) is 4.48. The van der Waals surface area contributed by atoms with Crippen molar-refractivity contribution in [3.8, 4) is 0 Å². The van der Waals surface area contributed by atoms with Gasteiger partial charge in [-0.05, 0) is 0 Å². The second kappa shape index (κ2) is 7.72. The van der Waals surface area contributed by atoms with Gasteiger partial charge in [-0.2, -0.15) is 0 Å². The van der Waals surface area contributed by atoms with Crippen molar-refractivity contribution in [2.75, 3.05) is 27.9 Å². The molecule has 0 aromatic heterocycles. The van der Waals surface area contributed by atoms with E-state index in [4.69, 9.17) is 14.2 Å². The van der Waals surface area contributed by atoms with Gasteiger partial charge in [-0.3, -0.25) is 0 Å². The molecule has 0 aliphatic rings. The summed E-state index contributed by atoms with van der Waals surface area (Å²) in [5.74, 6) is 0. The summed E-state index contributed by atoms with van der Waals surface area (Å²) in [5, 5.41) is 19.0. The molecule has 0 saturated heterocycles. The predicted octanol–water partition coefficient (Wildman–Crippen LogP) is -1.42. The molecule has 0 aliphatic carbocycles. The zero-order chi connectivity index (χ0) is 11.8. The summed E-state index contributed by atoms with van der Waals surface area (Å²) >= 11 is 0. The van der Waals surface area contributed by atoms with E-state index in [1.165, 1.54) is 21.3 Å². The minimum atomic E-state index is -1.39. The molecule has 6 nitrogen and oxygen atoms in total. The van der Waals surface area contributed by atoms with Gasteiger partial charge >= 0.3 is 0 Å². The Morgan fingerprint density at radius 2 is 1.80 bits per heavy atom. The fourth-order valence-corrected chi connectivity index (χ4v) is 1.24. The van der Waals surface area contributed by atoms with Gasteiger partial charge in [0.2, 0.25) is 0 Å². The maximum Gasteiger partial charge on any atom is 0.151 e. The molecule has 4 atom stereocenters. The highest BCUT2D eigenvalue weighted by molar-refractivity contribution is 5.56. The van der Waals surface area contributed by atoms with Gasteiger partial charge in [-0.15, -0.1) is 0 Å². The van der Waals surface area contributed by atoms with Crippen LogP contribution >= 0.6 is 0 Å². The second-order valence-electron chi connectivity index (χ2n) is 3.05. The minimum Gasteiger partial charge on any atom is -0.387 e. The Kier molecular flexibility index (Phi) is 7.45. The van der Waals surface area contributed by atoms with Crippen LogP contribution < -0.4 is 0 Å². The number of hydrogen-bond donors (Lipinski definition) is 2. The molecule has 6 heteroatoms. The lowest BCUT2D eigenvalue weighted by Crippen LogP contribution is -2.48. The van der Waals surface area contributed by atoms with Gasteiger partial charge < -0.3 is 29.2 Å². The summed E-state index contributed by atoms with van der Waals surface area (Å²) in [5.41, 5.74) is 0. The van der Waals surface area contributed by atoms with Gasteiger partial charge in [0.1, 0.15) is 24.4 Å². The zero-order valence-electron chi connectivity index (χ0n) is 9.12. The monoisotopic (exact) mass is 222 g/mol. The van der Waals surface area contributed by atoms with Gasteiger partial charge in [0, 0.05) is 21.3 Å². The van der Waals surface area contributed by atoms with Crippen LogP contribution in [0.5, 0.6) is 0 Å². The van der Waals surface area contributed by atoms with Crippen molar-refractivity contribution in [2.45, 2.75) is 24.4 Å². The molecule has 15 heavy (non-hydrogen) atoms. The molecule has 0 amide bonds. The number of carbonyl (C=O) groups is 1. The number of aliphatic hydroxyl groups is 2. The van der Waals surface area contributed by atoms with Crippen molar-refractivity contribution in [3.63, 3.8) is 0 Å². The number of methoxy groups -OCH3 is 3. The third-order valence-corrected chi connectivity index (χ3v) is 2.10. The summed E-state index contributed by atoms with van der Waals surface area (Å²) < 4.78 is 14.6. The van der Waals surface area contributed by atoms with E-state index in [1.54, 1.807) is 0 Å². The Hall–Kier alpha value is -0.530. The quantitative estimate of drug-likeness (QED) is 0.490. The van der Waals surface area contributed by atoms with Crippen LogP contribution in [-0.4, -0.2) is 68.9 Å². The second-order valence-corrected chi connectivity index (χ2v) is 3.05. The van der Waals surface area contributed by atoms with E-state index >= 15 is 0 Å². The van der Waals surface area contributed by atoms with Crippen molar-refractivity contribution in [2.24, 2.45) is 0 Å². The van der Waals surface area contributed by atoms with Crippen molar-refractivity contribution < 1.29 is 29.2 Å². The molecule has 0 aromatic rings. The van der Waals surface area contributed by atoms with Gasteiger partial charge in [-0.25, -0.2) is 0 Å². The fourth-order valence-electron chi connectivity index (χ4n) is 1.24. The van der Waals surface area contributed by atoms with Crippen LogP contribution in [0, 0.1) is 0 Å². The highest BCUT2D eigenvalue weighted by Crippen LogP contribution is 2.10. The zero-order valence-corrected chi connectivity index (χ0v) is 9.12. The van der Waals surface area contributed by atoms with E-state index in [-0.39, 0.29) is 6.61 Å². The SMILES string of the molecule is COC[C@@H](OC)[C@@H](O)[C@H](OC)[C@@H](O)C=O. The largest absolute Gasteiger partial charge is 0.387 e. The summed E-state index contributed by atoms with van der Waals surface area (Å²) in [6, 6.07) is 0. The van der Waals surface area contributed by atoms with Gasteiger partial charge in [0.25, 0.3) is 0 Å². The number of aliphatic hydroxyl groups excluding tert-OH is 2. The van der Waals surface area contributed by atoms with Crippen LogP contribution in [0.2, 0.25) is 0 Å². The van der Waals surface area contributed by atoms with Crippen molar-refractivity contribution >= 4 is 6.29 Å². The van der Waals surface area contributed by atoms with Crippen molar-refractivity contribution in [1.82, 2.24) is 0 Å². The molecular weight excluding hydrogens is 204 g/mol. The molecule has 0 aromatic carbocycles. The van der Waals surface area contributed by atoms with E-state index in [1.807, 2.05) is 0 Å². The van der Waals surface area contributed by atoms with Crippen LogP contribution in [0.15, 0.2) is 0 Å². The molecule has 0 rings (SSSR count). The maximum absolute atomic E-state index is 10.4. The van der Waals surface area contributed by atoms with Gasteiger partial charge in [-0.1, -0.05) is 0 Å². The lowest BCUT2D eigenvalue weighted by Gasteiger charge is -2.28. The molecule has 0 fully saturated rings. The van der Waals surface area contributed by atoms with Crippen LogP contribution in [0.4, 0.5) is 0 Å². The number of rotatable bonds is 8. The number of hydrogen-bond acceptors (Lipinski definition) is 6. The maximum atomic E-state index is 10.4. The molecule has 0 radical (unpaired) electrons. The Bertz CT molecular complexity index is 174.